The van der Waals surface area contributed by atoms with Gasteiger partial charge in [0.25, 0.3) is 0 Å². The van der Waals surface area contributed by atoms with Crippen molar-refractivity contribution < 1.29 is 4.79 Å². The Bertz CT molecular complexity index is 567. The fourth-order valence-electron chi connectivity index (χ4n) is 1.58. The van der Waals surface area contributed by atoms with Gasteiger partial charge >= 0.3 is 0 Å². The molecule has 0 unspecified atom stereocenters. The lowest BCUT2D eigenvalue weighted by molar-refractivity contribution is -0.118. The standard InChI is InChI=1S/C12H13N5OS/c18-10(14-9-1-2-9)7-19-12-15-11(16-17-12)8-3-5-13-6-4-8/h3-6,9H,1-2,7H2,(H,14,18)(H,15,16,17). The van der Waals surface area contributed by atoms with Gasteiger partial charge in [0.1, 0.15) is 0 Å². The molecule has 0 radical (unpaired) electrons. The molecule has 1 fully saturated rings. The molecule has 1 aliphatic carbocycles. The molecular weight excluding hydrogens is 262 g/mol. The number of rotatable bonds is 5. The number of aromatic amines is 1. The summed E-state index contributed by atoms with van der Waals surface area (Å²) in [6.45, 7) is 0. The van der Waals surface area contributed by atoms with E-state index in [-0.39, 0.29) is 5.91 Å². The third-order valence-corrected chi connectivity index (χ3v) is 3.54. The summed E-state index contributed by atoms with van der Waals surface area (Å²) in [7, 11) is 0. The molecule has 1 amide bonds. The first-order valence-corrected chi connectivity index (χ1v) is 7.05. The van der Waals surface area contributed by atoms with Crippen LogP contribution < -0.4 is 5.32 Å². The van der Waals surface area contributed by atoms with Gasteiger partial charge in [-0.1, -0.05) is 11.8 Å². The van der Waals surface area contributed by atoms with Crippen molar-refractivity contribution in [2.45, 2.75) is 24.0 Å². The Hall–Kier alpha value is -1.89. The zero-order valence-electron chi connectivity index (χ0n) is 10.2. The minimum absolute atomic E-state index is 0.0442. The SMILES string of the molecule is O=C(CSc1n[nH]c(-c2ccncc2)n1)NC1CC1. The number of H-pyrrole nitrogens is 1. The molecule has 2 aromatic heterocycles. The fourth-order valence-corrected chi connectivity index (χ4v) is 2.19. The van der Waals surface area contributed by atoms with Crippen LogP contribution in [0.1, 0.15) is 12.8 Å². The van der Waals surface area contributed by atoms with Crippen molar-refractivity contribution in [2.24, 2.45) is 0 Å². The maximum atomic E-state index is 11.5. The molecule has 1 saturated carbocycles. The summed E-state index contributed by atoms with van der Waals surface area (Å²) in [5, 5.41) is 10.5. The van der Waals surface area contributed by atoms with E-state index in [4.69, 9.17) is 0 Å². The Morgan fingerprint density at radius 1 is 1.42 bits per heavy atom. The van der Waals surface area contributed by atoms with E-state index < -0.39 is 0 Å². The summed E-state index contributed by atoms with van der Waals surface area (Å²) in [5.41, 5.74) is 0.928. The van der Waals surface area contributed by atoms with E-state index in [1.807, 2.05) is 12.1 Å². The van der Waals surface area contributed by atoms with E-state index in [1.54, 1.807) is 12.4 Å². The number of nitrogens with one attached hydrogen (secondary N) is 2. The van der Waals surface area contributed by atoms with Crippen LogP contribution in [-0.4, -0.2) is 37.9 Å². The fraction of sp³-hybridized carbons (Fsp3) is 0.333. The molecule has 0 bridgehead atoms. The number of aromatic nitrogens is 4. The van der Waals surface area contributed by atoms with Crippen molar-refractivity contribution >= 4 is 17.7 Å². The summed E-state index contributed by atoms with van der Waals surface area (Å²) < 4.78 is 0. The summed E-state index contributed by atoms with van der Waals surface area (Å²) in [6.07, 6.45) is 5.61. The van der Waals surface area contributed by atoms with Crippen LogP contribution in [0.25, 0.3) is 11.4 Å². The van der Waals surface area contributed by atoms with Gasteiger partial charge in [-0.15, -0.1) is 5.10 Å². The van der Waals surface area contributed by atoms with E-state index in [0.717, 1.165) is 18.4 Å². The van der Waals surface area contributed by atoms with E-state index in [1.165, 1.54) is 11.8 Å². The predicted molar refractivity (Wildman–Crippen MR) is 71.5 cm³/mol. The zero-order valence-corrected chi connectivity index (χ0v) is 11.0. The van der Waals surface area contributed by atoms with Crippen molar-refractivity contribution in [3.63, 3.8) is 0 Å². The maximum absolute atomic E-state index is 11.5. The Morgan fingerprint density at radius 3 is 2.95 bits per heavy atom. The highest BCUT2D eigenvalue weighted by molar-refractivity contribution is 7.99. The third-order valence-electron chi connectivity index (χ3n) is 2.69. The van der Waals surface area contributed by atoms with Gasteiger partial charge in [-0.2, -0.15) is 0 Å². The van der Waals surface area contributed by atoms with Crippen LogP contribution >= 0.6 is 11.8 Å². The highest BCUT2D eigenvalue weighted by Crippen LogP contribution is 2.20. The first-order chi connectivity index (χ1) is 9.31. The first kappa shape index (κ1) is 12.2. The quantitative estimate of drug-likeness (QED) is 0.802. The largest absolute Gasteiger partial charge is 0.353 e. The molecule has 0 spiro atoms. The minimum atomic E-state index is 0.0442. The number of pyridine rings is 1. The average Bonchev–Trinajstić information content (AvgIpc) is 3.12. The molecule has 0 aliphatic heterocycles. The summed E-state index contributed by atoms with van der Waals surface area (Å²) in [6, 6.07) is 4.11. The minimum Gasteiger partial charge on any atom is -0.353 e. The molecule has 2 heterocycles. The molecule has 0 atom stereocenters. The highest BCUT2D eigenvalue weighted by atomic mass is 32.2. The Labute approximate surface area is 114 Å². The smallest absolute Gasteiger partial charge is 0.230 e. The van der Waals surface area contributed by atoms with Crippen molar-refractivity contribution in [1.29, 1.82) is 0 Å². The second kappa shape index (κ2) is 5.40. The topological polar surface area (TPSA) is 83.6 Å². The second-order valence-corrected chi connectivity index (χ2v) is 5.28. The van der Waals surface area contributed by atoms with Gasteiger partial charge in [0.15, 0.2) is 5.82 Å². The van der Waals surface area contributed by atoms with Crippen LogP contribution in [-0.2, 0) is 4.79 Å². The number of nitrogens with zero attached hydrogens (tertiary/aromatic N) is 3. The van der Waals surface area contributed by atoms with Crippen molar-refractivity contribution in [1.82, 2.24) is 25.5 Å². The second-order valence-electron chi connectivity index (χ2n) is 4.33. The number of thioether (sulfide) groups is 1. The lowest BCUT2D eigenvalue weighted by atomic mass is 10.3. The van der Waals surface area contributed by atoms with Crippen LogP contribution in [0.3, 0.4) is 0 Å². The Balaban J connectivity index is 1.57. The number of carbonyl (C=O) groups is 1. The van der Waals surface area contributed by atoms with Gasteiger partial charge in [0.2, 0.25) is 11.1 Å². The number of amides is 1. The molecule has 6 nitrogen and oxygen atoms in total. The monoisotopic (exact) mass is 275 g/mol. The molecule has 98 valence electrons. The molecule has 1 aliphatic rings. The molecule has 0 saturated heterocycles. The molecule has 2 aromatic rings. The van der Waals surface area contributed by atoms with Gasteiger partial charge in [0, 0.05) is 24.0 Å². The van der Waals surface area contributed by atoms with Crippen LogP contribution in [0.5, 0.6) is 0 Å². The van der Waals surface area contributed by atoms with E-state index in [9.17, 15) is 4.79 Å². The molecule has 2 N–H and O–H groups in total. The van der Waals surface area contributed by atoms with E-state index >= 15 is 0 Å². The third kappa shape index (κ3) is 3.31. The molecule has 19 heavy (non-hydrogen) atoms. The van der Waals surface area contributed by atoms with Gasteiger partial charge in [0.05, 0.1) is 5.75 Å². The summed E-state index contributed by atoms with van der Waals surface area (Å²) in [4.78, 5) is 19.8. The Kier molecular flexibility index (Phi) is 3.45. The van der Waals surface area contributed by atoms with E-state index in [2.05, 4.69) is 25.5 Å². The predicted octanol–water partition coefficient (Wildman–Crippen LogP) is 1.24. The number of carbonyl (C=O) groups excluding carboxylic acids is 1. The number of hydrogen-bond acceptors (Lipinski definition) is 5. The highest BCUT2D eigenvalue weighted by Gasteiger charge is 2.23. The summed E-state index contributed by atoms with van der Waals surface area (Å²) >= 11 is 1.33. The molecule has 7 heteroatoms. The van der Waals surface area contributed by atoms with Crippen LogP contribution in [0.4, 0.5) is 0 Å². The van der Waals surface area contributed by atoms with Gasteiger partial charge < -0.3 is 5.32 Å². The first-order valence-electron chi connectivity index (χ1n) is 6.06. The maximum Gasteiger partial charge on any atom is 0.230 e. The van der Waals surface area contributed by atoms with E-state index in [0.29, 0.717) is 22.8 Å². The van der Waals surface area contributed by atoms with Crippen LogP contribution in [0.2, 0.25) is 0 Å². The van der Waals surface area contributed by atoms with Gasteiger partial charge in [-0.25, -0.2) is 4.98 Å². The molecular formula is C12H13N5OS. The van der Waals surface area contributed by atoms with Crippen LogP contribution in [0, 0.1) is 0 Å². The normalized spacial score (nSPS) is 14.3. The lowest BCUT2D eigenvalue weighted by Crippen LogP contribution is -2.27. The average molecular weight is 275 g/mol. The number of hydrogen-bond donors (Lipinski definition) is 2. The van der Waals surface area contributed by atoms with Crippen molar-refractivity contribution in [3.8, 4) is 11.4 Å². The lowest BCUT2D eigenvalue weighted by Gasteiger charge is -1.99. The van der Waals surface area contributed by atoms with Crippen molar-refractivity contribution in [3.05, 3.63) is 24.5 Å². The molecule has 0 aromatic carbocycles. The molecule has 3 rings (SSSR count). The summed E-state index contributed by atoms with van der Waals surface area (Å²) in [5.74, 6) is 1.08. The van der Waals surface area contributed by atoms with Crippen molar-refractivity contribution in [2.75, 3.05) is 5.75 Å². The van der Waals surface area contributed by atoms with Gasteiger partial charge in [-0.3, -0.25) is 14.9 Å². The zero-order chi connectivity index (χ0) is 13.1. The Morgan fingerprint density at radius 2 is 2.21 bits per heavy atom. The van der Waals surface area contributed by atoms with Gasteiger partial charge in [-0.05, 0) is 25.0 Å². The van der Waals surface area contributed by atoms with Crippen LogP contribution in [0.15, 0.2) is 29.7 Å².